The van der Waals surface area contributed by atoms with Crippen molar-refractivity contribution in [3.63, 3.8) is 0 Å². The molecule has 13 heteroatoms. The third-order valence-electron chi connectivity index (χ3n) is 11.1. The van der Waals surface area contributed by atoms with Gasteiger partial charge < -0.3 is 34.3 Å². The Labute approximate surface area is 388 Å². The van der Waals surface area contributed by atoms with Gasteiger partial charge in [-0.15, -0.1) is 0 Å². The van der Waals surface area contributed by atoms with Crippen LogP contribution in [0.15, 0.2) is 60.8 Å². The molecule has 0 aromatic rings. The van der Waals surface area contributed by atoms with Gasteiger partial charge in [-0.1, -0.05) is 164 Å². The van der Waals surface area contributed by atoms with Gasteiger partial charge in [-0.2, -0.15) is 8.42 Å². The topological polar surface area (TPSA) is 178 Å². The molecular weight excluding hydrogens is 837 g/mol. The van der Waals surface area contributed by atoms with Gasteiger partial charge in [0.05, 0.1) is 19.8 Å². The summed E-state index contributed by atoms with van der Waals surface area (Å²) in [5.41, 5.74) is 0. The molecule has 1 aliphatic heterocycles. The van der Waals surface area contributed by atoms with Gasteiger partial charge in [-0.05, 0) is 83.5 Å². The van der Waals surface area contributed by atoms with Crippen molar-refractivity contribution in [2.45, 2.75) is 230 Å². The van der Waals surface area contributed by atoms with Crippen LogP contribution in [0.3, 0.4) is 0 Å². The molecule has 4 N–H and O–H groups in total. The van der Waals surface area contributed by atoms with Gasteiger partial charge in [-0.3, -0.25) is 9.35 Å². The highest BCUT2D eigenvalue weighted by Crippen LogP contribution is 2.26. The molecule has 6 atom stereocenters. The molecule has 0 amide bonds. The third-order valence-corrected chi connectivity index (χ3v) is 11.6. The summed E-state index contributed by atoms with van der Waals surface area (Å²) in [6.07, 6.45) is 43.9. The Morgan fingerprint density at radius 2 is 1.03 bits per heavy atom. The molecule has 1 rings (SSSR count). The summed E-state index contributed by atoms with van der Waals surface area (Å²) in [6.45, 7) is 3.91. The molecule has 6 unspecified atom stereocenters. The fourth-order valence-electron chi connectivity index (χ4n) is 7.30. The first kappa shape index (κ1) is 59.8. The highest BCUT2D eigenvalue weighted by Gasteiger charge is 2.48. The SMILES string of the molecule is CCCCC/C=C\C/C=C\CCCCCCCCOCC(COC1OC(CO)C(O)C(OS(=O)(=O)O)C1O)OC(=O)CCCCCCCC/C=C\C/C=C\C/C=C\CCCCCCC. The lowest BCUT2D eigenvalue weighted by molar-refractivity contribution is -0.301. The maximum atomic E-state index is 12.9. The number of aliphatic hydroxyl groups is 3. The molecule has 12 nitrogen and oxygen atoms in total. The van der Waals surface area contributed by atoms with Crippen LogP contribution in [0.4, 0.5) is 0 Å². The molecule has 0 radical (unpaired) electrons. The summed E-state index contributed by atoms with van der Waals surface area (Å²) in [5.74, 6) is -0.416. The van der Waals surface area contributed by atoms with Crippen LogP contribution in [0.5, 0.6) is 0 Å². The van der Waals surface area contributed by atoms with E-state index in [9.17, 15) is 33.1 Å². The Kier molecular flexibility index (Phi) is 39.4. The minimum absolute atomic E-state index is 0.0210. The zero-order chi connectivity index (χ0) is 46.8. The highest BCUT2D eigenvalue weighted by atomic mass is 32.3. The van der Waals surface area contributed by atoms with Crippen molar-refractivity contribution in [2.75, 3.05) is 26.4 Å². The van der Waals surface area contributed by atoms with E-state index in [0.29, 0.717) is 13.0 Å². The van der Waals surface area contributed by atoms with Crippen molar-refractivity contribution in [1.82, 2.24) is 0 Å². The zero-order valence-electron chi connectivity index (χ0n) is 39.8. The summed E-state index contributed by atoms with van der Waals surface area (Å²) in [4.78, 5) is 12.9. The number of allylic oxidation sites excluding steroid dienone is 10. The van der Waals surface area contributed by atoms with Gasteiger partial charge in [0, 0.05) is 13.0 Å². The molecule has 1 saturated heterocycles. The van der Waals surface area contributed by atoms with Gasteiger partial charge >= 0.3 is 16.4 Å². The first-order valence-electron chi connectivity index (χ1n) is 25.0. The van der Waals surface area contributed by atoms with E-state index in [1.54, 1.807) is 0 Å². The number of carbonyl (C=O) groups excluding carboxylic acids is 1. The number of hydrogen-bond acceptors (Lipinski definition) is 11. The quantitative estimate of drug-likeness (QED) is 0.0197. The number of unbranched alkanes of at least 4 members (excludes halogenated alkanes) is 20. The summed E-state index contributed by atoms with van der Waals surface area (Å²) < 4.78 is 59.2. The molecule has 0 bridgehead atoms. The van der Waals surface area contributed by atoms with Crippen molar-refractivity contribution in [3.8, 4) is 0 Å². The van der Waals surface area contributed by atoms with E-state index < -0.39 is 59.8 Å². The van der Waals surface area contributed by atoms with Crippen molar-refractivity contribution < 1.29 is 56.2 Å². The van der Waals surface area contributed by atoms with Crippen LogP contribution in [-0.4, -0.2) is 97.5 Å². The van der Waals surface area contributed by atoms with E-state index in [-0.39, 0.29) is 19.6 Å². The summed E-state index contributed by atoms with van der Waals surface area (Å²) in [5, 5.41) is 30.7. The predicted molar refractivity (Wildman–Crippen MR) is 257 cm³/mol. The molecule has 0 aliphatic carbocycles. The van der Waals surface area contributed by atoms with E-state index >= 15 is 0 Å². The van der Waals surface area contributed by atoms with Crippen LogP contribution in [0.2, 0.25) is 0 Å². The van der Waals surface area contributed by atoms with Crippen LogP contribution in [0, 0.1) is 0 Å². The average molecular weight is 927 g/mol. The van der Waals surface area contributed by atoms with Crippen molar-refractivity contribution in [1.29, 1.82) is 0 Å². The number of aliphatic hydroxyl groups excluding tert-OH is 3. The summed E-state index contributed by atoms with van der Waals surface area (Å²) in [6, 6.07) is 0. The molecule has 0 saturated carbocycles. The second-order valence-electron chi connectivity index (χ2n) is 17.0. The molecule has 0 aromatic carbocycles. The van der Waals surface area contributed by atoms with Gasteiger partial charge in [-0.25, -0.2) is 4.18 Å². The molecular formula is C51H90O12S. The Bertz CT molecular complexity index is 1350. The van der Waals surface area contributed by atoms with E-state index in [1.165, 1.54) is 77.0 Å². The normalized spacial score (nSPS) is 20.2. The molecule has 64 heavy (non-hydrogen) atoms. The number of carbonyl (C=O) groups is 1. The van der Waals surface area contributed by atoms with Gasteiger partial charge in [0.15, 0.2) is 6.29 Å². The van der Waals surface area contributed by atoms with Crippen LogP contribution < -0.4 is 0 Å². The van der Waals surface area contributed by atoms with E-state index in [4.69, 9.17) is 18.9 Å². The lowest BCUT2D eigenvalue weighted by Gasteiger charge is -2.41. The van der Waals surface area contributed by atoms with E-state index in [2.05, 4.69) is 78.8 Å². The van der Waals surface area contributed by atoms with Crippen LogP contribution in [-0.2, 0) is 38.3 Å². The standard InChI is InChI=1S/C51H90O12S/c1-3-5-7-9-11-13-15-17-19-21-22-23-24-25-26-28-30-32-34-36-38-40-47(53)61-45(44-60-51-49(55)50(63-64(56,57)58)48(54)46(42-52)62-51)43-59-41-39-37-35-33-31-29-27-20-18-16-14-12-10-8-6-4-2/h12,14-15,17-18,20-22,24-25,45-46,48-52,54-55H,3-11,13,16,19,23,26-44H2,1-2H3,(H,56,57,58)/b14-12-,17-15-,20-18-,22-21-,25-24-. The number of hydrogen-bond donors (Lipinski definition) is 4. The van der Waals surface area contributed by atoms with Crippen LogP contribution in [0.1, 0.15) is 194 Å². The zero-order valence-corrected chi connectivity index (χ0v) is 40.6. The van der Waals surface area contributed by atoms with E-state index in [0.717, 1.165) is 89.9 Å². The van der Waals surface area contributed by atoms with Gasteiger partial charge in [0.25, 0.3) is 0 Å². The second kappa shape index (κ2) is 42.2. The Hall–Kier alpha value is -2.20. The average Bonchev–Trinajstić information content (AvgIpc) is 3.27. The predicted octanol–water partition coefficient (Wildman–Crippen LogP) is 11.3. The lowest BCUT2D eigenvalue weighted by atomic mass is 9.99. The van der Waals surface area contributed by atoms with Crippen LogP contribution in [0.25, 0.3) is 0 Å². The third kappa shape index (κ3) is 35.1. The second-order valence-corrected chi connectivity index (χ2v) is 18.1. The minimum atomic E-state index is -5.07. The fourth-order valence-corrected chi connectivity index (χ4v) is 7.81. The molecule has 0 aromatic heterocycles. The minimum Gasteiger partial charge on any atom is -0.457 e. The van der Waals surface area contributed by atoms with Crippen molar-refractivity contribution in [3.05, 3.63) is 60.8 Å². The van der Waals surface area contributed by atoms with Gasteiger partial charge in [0.2, 0.25) is 0 Å². The molecule has 1 aliphatic rings. The smallest absolute Gasteiger partial charge is 0.397 e. The van der Waals surface area contributed by atoms with Crippen LogP contribution >= 0.6 is 0 Å². The number of esters is 1. The maximum absolute atomic E-state index is 12.9. The first-order chi connectivity index (χ1) is 31.1. The van der Waals surface area contributed by atoms with Gasteiger partial charge in [0.1, 0.15) is 30.5 Å². The highest BCUT2D eigenvalue weighted by molar-refractivity contribution is 7.80. The monoisotopic (exact) mass is 927 g/mol. The van der Waals surface area contributed by atoms with Crippen molar-refractivity contribution in [2.24, 2.45) is 0 Å². The molecule has 1 fully saturated rings. The Balaban J connectivity index is 2.40. The molecule has 372 valence electrons. The molecule has 0 spiro atoms. The van der Waals surface area contributed by atoms with Crippen molar-refractivity contribution >= 4 is 16.4 Å². The largest absolute Gasteiger partial charge is 0.457 e. The Morgan fingerprint density at radius 3 is 1.53 bits per heavy atom. The van der Waals surface area contributed by atoms with E-state index in [1.807, 2.05) is 0 Å². The number of rotatable bonds is 43. The summed E-state index contributed by atoms with van der Waals surface area (Å²) in [7, 11) is -5.07. The fraction of sp³-hybridized carbons (Fsp3) is 0.784. The Morgan fingerprint density at radius 1 is 0.594 bits per heavy atom. The maximum Gasteiger partial charge on any atom is 0.397 e. The lowest BCUT2D eigenvalue weighted by Crippen LogP contribution is -2.60. The molecule has 1 heterocycles. The summed E-state index contributed by atoms with van der Waals surface area (Å²) >= 11 is 0. The first-order valence-corrected chi connectivity index (χ1v) is 26.4. The number of ether oxygens (including phenoxy) is 4.